The Kier molecular flexibility index (Phi) is 3.51. The Bertz CT molecular complexity index is 448. The van der Waals surface area contributed by atoms with Crippen molar-refractivity contribution < 1.29 is 19.4 Å². The van der Waals surface area contributed by atoms with Gasteiger partial charge in [-0.15, -0.1) is 11.3 Å². The average Bonchev–Trinajstić information content (AvgIpc) is 2.87. The molecule has 1 N–H and O–H groups in total. The van der Waals surface area contributed by atoms with E-state index in [-0.39, 0.29) is 18.8 Å². The molecular formula is C11H11ClO4S. The molecule has 0 unspecified atom stereocenters. The highest BCUT2D eigenvalue weighted by atomic mass is 35.5. The molecule has 92 valence electrons. The topological polar surface area (TPSA) is 63.6 Å². The summed E-state index contributed by atoms with van der Waals surface area (Å²) in [6, 6.07) is 3.26. The number of hydrogen-bond donors (Lipinski definition) is 1. The number of halogens is 1. The molecule has 0 aliphatic carbocycles. The molecule has 1 aliphatic rings. The van der Waals surface area contributed by atoms with Crippen LogP contribution in [0.1, 0.15) is 22.5 Å². The third kappa shape index (κ3) is 2.51. The minimum absolute atomic E-state index is 0.0286. The first-order valence-electron chi connectivity index (χ1n) is 5.13. The van der Waals surface area contributed by atoms with Gasteiger partial charge < -0.3 is 9.84 Å². The van der Waals surface area contributed by atoms with Gasteiger partial charge in [-0.1, -0.05) is 11.6 Å². The van der Waals surface area contributed by atoms with E-state index in [0.717, 1.165) is 0 Å². The molecule has 0 aromatic carbocycles. The summed E-state index contributed by atoms with van der Waals surface area (Å²) in [5.41, 5.74) is -1.06. The third-order valence-corrected chi connectivity index (χ3v) is 4.18. The number of ether oxygens (including phenoxy) is 1. The van der Waals surface area contributed by atoms with Crippen LogP contribution in [0.4, 0.5) is 0 Å². The lowest BCUT2D eigenvalue weighted by Crippen LogP contribution is -2.33. The van der Waals surface area contributed by atoms with E-state index in [2.05, 4.69) is 0 Å². The van der Waals surface area contributed by atoms with E-state index in [1.54, 1.807) is 12.1 Å². The summed E-state index contributed by atoms with van der Waals surface area (Å²) in [6.07, 6.45) is 0.354. The van der Waals surface area contributed by atoms with E-state index in [1.807, 2.05) is 0 Å². The van der Waals surface area contributed by atoms with Crippen molar-refractivity contribution in [3.8, 4) is 0 Å². The first kappa shape index (κ1) is 12.5. The highest BCUT2D eigenvalue weighted by Crippen LogP contribution is 2.35. The second kappa shape index (κ2) is 4.76. The van der Waals surface area contributed by atoms with Crippen molar-refractivity contribution >= 4 is 34.7 Å². The zero-order valence-electron chi connectivity index (χ0n) is 8.94. The van der Waals surface area contributed by atoms with Crippen molar-refractivity contribution in [1.82, 2.24) is 0 Å². The maximum absolute atomic E-state index is 12.0. The number of carboxylic acids is 1. The average molecular weight is 275 g/mol. The summed E-state index contributed by atoms with van der Waals surface area (Å²) in [5.74, 6) is -1.15. The summed E-state index contributed by atoms with van der Waals surface area (Å²) < 4.78 is 5.64. The van der Waals surface area contributed by atoms with Gasteiger partial charge in [0.15, 0.2) is 5.78 Å². The second-order valence-corrected chi connectivity index (χ2v) is 5.81. The molecule has 0 saturated carbocycles. The zero-order valence-corrected chi connectivity index (χ0v) is 10.5. The van der Waals surface area contributed by atoms with E-state index < -0.39 is 11.4 Å². The SMILES string of the molecule is O=C(C[C@]1(C(=O)O)CCOC1)c1ccc(Cl)s1. The van der Waals surface area contributed by atoms with Crippen LogP contribution in [0.25, 0.3) is 0 Å². The molecule has 1 aliphatic heterocycles. The maximum atomic E-state index is 12.0. The summed E-state index contributed by atoms with van der Waals surface area (Å²) in [4.78, 5) is 23.7. The fourth-order valence-corrected chi connectivity index (χ4v) is 2.83. The smallest absolute Gasteiger partial charge is 0.312 e. The van der Waals surface area contributed by atoms with Crippen LogP contribution in [-0.2, 0) is 9.53 Å². The number of aliphatic carboxylic acids is 1. The monoisotopic (exact) mass is 274 g/mol. The van der Waals surface area contributed by atoms with Gasteiger partial charge in [0, 0.05) is 13.0 Å². The molecule has 1 fully saturated rings. The first-order valence-corrected chi connectivity index (χ1v) is 6.33. The Balaban J connectivity index is 2.14. The van der Waals surface area contributed by atoms with Crippen molar-refractivity contribution in [3.63, 3.8) is 0 Å². The molecule has 2 rings (SSSR count). The predicted octanol–water partition coefficient (Wildman–Crippen LogP) is 2.47. The molecular weight excluding hydrogens is 264 g/mol. The fraction of sp³-hybridized carbons (Fsp3) is 0.455. The van der Waals surface area contributed by atoms with Crippen LogP contribution in [0.3, 0.4) is 0 Å². The first-order chi connectivity index (χ1) is 8.03. The van der Waals surface area contributed by atoms with Crippen LogP contribution in [0.15, 0.2) is 12.1 Å². The molecule has 0 amide bonds. The van der Waals surface area contributed by atoms with Gasteiger partial charge in [-0.05, 0) is 18.6 Å². The minimum atomic E-state index is -1.06. The lowest BCUT2D eigenvalue weighted by molar-refractivity contribution is -0.148. The van der Waals surface area contributed by atoms with E-state index in [0.29, 0.717) is 22.2 Å². The van der Waals surface area contributed by atoms with Gasteiger partial charge in [-0.25, -0.2) is 0 Å². The van der Waals surface area contributed by atoms with Gasteiger partial charge >= 0.3 is 5.97 Å². The molecule has 6 heteroatoms. The molecule has 4 nitrogen and oxygen atoms in total. The van der Waals surface area contributed by atoms with Crippen LogP contribution < -0.4 is 0 Å². The number of thiophene rings is 1. The number of ketones is 1. The number of Topliss-reactive ketones (excluding diaryl/α,β-unsaturated/α-hetero) is 1. The zero-order chi connectivity index (χ0) is 12.5. The quantitative estimate of drug-likeness (QED) is 0.857. The van der Waals surface area contributed by atoms with Crippen molar-refractivity contribution in [2.45, 2.75) is 12.8 Å². The Morgan fingerprint density at radius 3 is 2.76 bits per heavy atom. The largest absolute Gasteiger partial charge is 0.481 e. The van der Waals surface area contributed by atoms with Crippen LogP contribution in [-0.4, -0.2) is 30.1 Å². The Labute approximate surface area is 107 Å². The summed E-state index contributed by atoms with van der Waals surface area (Å²) >= 11 is 6.92. The third-order valence-electron chi connectivity index (χ3n) is 2.90. The van der Waals surface area contributed by atoms with Crippen LogP contribution >= 0.6 is 22.9 Å². The highest BCUT2D eigenvalue weighted by Gasteiger charge is 2.44. The Morgan fingerprint density at radius 2 is 2.29 bits per heavy atom. The number of carbonyl (C=O) groups is 2. The van der Waals surface area contributed by atoms with Crippen LogP contribution in [0.2, 0.25) is 4.34 Å². The number of carboxylic acid groups (broad SMARTS) is 1. The molecule has 1 aromatic rings. The number of rotatable bonds is 4. The Morgan fingerprint density at radius 1 is 1.53 bits per heavy atom. The molecule has 0 radical (unpaired) electrons. The maximum Gasteiger partial charge on any atom is 0.312 e. The van der Waals surface area contributed by atoms with Crippen LogP contribution in [0, 0.1) is 5.41 Å². The van der Waals surface area contributed by atoms with E-state index in [4.69, 9.17) is 16.3 Å². The molecule has 2 heterocycles. The van der Waals surface area contributed by atoms with Crippen molar-refractivity contribution in [2.75, 3.05) is 13.2 Å². The standard InChI is InChI=1S/C11H11ClO4S/c12-9-2-1-8(17-9)7(13)5-11(10(14)15)3-4-16-6-11/h1-2H,3-6H2,(H,14,15)/t11-/m1/s1. The molecule has 17 heavy (non-hydrogen) atoms. The van der Waals surface area contributed by atoms with Gasteiger partial charge in [0.2, 0.25) is 0 Å². The minimum Gasteiger partial charge on any atom is -0.481 e. The van der Waals surface area contributed by atoms with Crippen molar-refractivity contribution in [3.05, 3.63) is 21.3 Å². The van der Waals surface area contributed by atoms with E-state index >= 15 is 0 Å². The van der Waals surface area contributed by atoms with E-state index in [9.17, 15) is 14.7 Å². The van der Waals surface area contributed by atoms with Crippen molar-refractivity contribution in [1.29, 1.82) is 0 Å². The molecule has 0 spiro atoms. The molecule has 1 saturated heterocycles. The fourth-order valence-electron chi connectivity index (χ4n) is 1.85. The second-order valence-electron chi connectivity index (χ2n) is 4.09. The van der Waals surface area contributed by atoms with Gasteiger partial charge in [0.05, 0.1) is 15.8 Å². The van der Waals surface area contributed by atoms with Gasteiger partial charge in [0.25, 0.3) is 0 Å². The van der Waals surface area contributed by atoms with Gasteiger partial charge in [-0.3, -0.25) is 9.59 Å². The number of hydrogen-bond acceptors (Lipinski definition) is 4. The highest BCUT2D eigenvalue weighted by molar-refractivity contribution is 7.18. The van der Waals surface area contributed by atoms with Crippen molar-refractivity contribution in [2.24, 2.45) is 5.41 Å². The van der Waals surface area contributed by atoms with E-state index in [1.165, 1.54) is 11.3 Å². The Hall–Kier alpha value is -0.910. The predicted molar refractivity (Wildman–Crippen MR) is 63.8 cm³/mol. The molecule has 0 bridgehead atoms. The molecule has 1 aromatic heterocycles. The normalized spacial score (nSPS) is 23.8. The lowest BCUT2D eigenvalue weighted by atomic mass is 9.82. The van der Waals surface area contributed by atoms with Crippen LogP contribution in [0.5, 0.6) is 0 Å². The van der Waals surface area contributed by atoms with Gasteiger partial charge in [0.1, 0.15) is 5.41 Å². The molecule has 1 atom stereocenters. The van der Waals surface area contributed by atoms with Gasteiger partial charge in [-0.2, -0.15) is 0 Å². The summed E-state index contributed by atoms with van der Waals surface area (Å²) in [6.45, 7) is 0.498. The number of carbonyl (C=O) groups excluding carboxylic acids is 1. The lowest BCUT2D eigenvalue weighted by Gasteiger charge is -2.20. The summed E-state index contributed by atoms with van der Waals surface area (Å²) in [7, 11) is 0. The summed E-state index contributed by atoms with van der Waals surface area (Å²) in [5, 5.41) is 9.21.